The van der Waals surface area contributed by atoms with E-state index in [0.717, 1.165) is 30.1 Å². The normalized spacial score (nSPS) is 16.5. The lowest BCUT2D eigenvalue weighted by molar-refractivity contribution is 0.365. The van der Waals surface area contributed by atoms with Crippen LogP contribution in [-0.4, -0.2) is 22.2 Å². The Morgan fingerprint density at radius 1 is 1.45 bits per heavy atom. The molecule has 0 aliphatic heterocycles. The molecular weight excluding hydrogens is 256 g/mol. The van der Waals surface area contributed by atoms with Crippen LogP contribution in [0.1, 0.15) is 49.7 Å². The predicted molar refractivity (Wildman–Crippen MR) is 73.7 cm³/mol. The summed E-state index contributed by atoms with van der Waals surface area (Å²) < 4.78 is 10.6. The Morgan fingerprint density at radius 2 is 2.30 bits per heavy atom. The fourth-order valence-electron chi connectivity index (χ4n) is 2.28. The van der Waals surface area contributed by atoms with E-state index in [4.69, 9.17) is 9.26 Å². The molecule has 0 bridgehead atoms. The first kappa shape index (κ1) is 12.9. The first-order valence-electron chi connectivity index (χ1n) is 6.87. The second kappa shape index (κ2) is 5.48. The lowest BCUT2D eigenvalue weighted by atomic mass is 9.85. The number of rotatable bonds is 5. The minimum Gasteiger partial charge on any atom is -0.495 e. The number of methoxy groups -OCH3 is 1. The molecule has 1 N–H and O–H groups in total. The van der Waals surface area contributed by atoms with Crippen molar-refractivity contribution in [2.75, 3.05) is 12.4 Å². The zero-order valence-electron chi connectivity index (χ0n) is 11.7. The van der Waals surface area contributed by atoms with Gasteiger partial charge in [-0.05, 0) is 31.9 Å². The molecule has 6 heteroatoms. The van der Waals surface area contributed by atoms with Crippen LogP contribution in [0.15, 0.2) is 22.9 Å². The maximum atomic E-state index is 5.30. The van der Waals surface area contributed by atoms with E-state index in [9.17, 15) is 0 Å². The number of ether oxygens (including phenoxy) is 1. The van der Waals surface area contributed by atoms with Crippen LogP contribution in [-0.2, 0) is 0 Å². The zero-order valence-corrected chi connectivity index (χ0v) is 11.7. The molecule has 106 valence electrons. The van der Waals surface area contributed by atoms with Crippen LogP contribution >= 0.6 is 0 Å². The molecule has 6 nitrogen and oxygen atoms in total. The van der Waals surface area contributed by atoms with Gasteiger partial charge in [0.1, 0.15) is 11.4 Å². The Hall–Kier alpha value is -2.11. The molecule has 0 amide bonds. The van der Waals surface area contributed by atoms with Gasteiger partial charge in [0.05, 0.1) is 13.2 Å². The van der Waals surface area contributed by atoms with Crippen LogP contribution in [0.5, 0.6) is 5.75 Å². The fraction of sp³-hybridized carbons (Fsp3) is 0.500. The van der Waals surface area contributed by atoms with Gasteiger partial charge in [-0.2, -0.15) is 4.98 Å². The lowest BCUT2D eigenvalue weighted by Crippen LogP contribution is -2.12. The van der Waals surface area contributed by atoms with E-state index < -0.39 is 0 Å². The lowest BCUT2D eigenvalue weighted by Gasteiger charge is -2.20. The highest BCUT2D eigenvalue weighted by Gasteiger charge is 2.25. The molecule has 0 saturated heterocycles. The summed E-state index contributed by atoms with van der Waals surface area (Å²) in [5.74, 6) is 2.01. The van der Waals surface area contributed by atoms with Gasteiger partial charge in [0.15, 0.2) is 5.82 Å². The Labute approximate surface area is 117 Å². The molecule has 0 spiro atoms. The Balaban J connectivity index is 1.71. The van der Waals surface area contributed by atoms with Crippen molar-refractivity contribution in [2.24, 2.45) is 0 Å². The summed E-state index contributed by atoms with van der Waals surface area (Å²) in [6.45, 7) is 1.98. The first-order chi connectivity index (χ1) is 9.78. The van der Waals surface area contributed by atoms with Crippen molar-refractivity contribution in [1.29, 1.82) is 0 Å². The molecule has 1 aliphatic rings. The molecule has 1 fully saturated rings. The second-order valence-corrected chi connectivity index (χ2v) is 5.04. The summed E-state index contributed by atoms with van der Waals surface area (Å²) in [6, 6.07) is 4.10. The molecule has 2 aromatic rings. The summed E-state index contributed by atoms with van der Waals surface area (Å²) in [4.78, 5) is 8.73. The van der Waals surface area contributed by atoms with E-state index in [-0.39, 0.29) is 6.04 Å². The number of pyridine rings is 1. The van der Waals surface area contributed by atoms with Gasteiger partial charge in [0.25, 0.3) is 0 Å². The molecule has 20 heavy (non-hydrogen) atoms. The standard InChI is InChI=1S/C14H18N4O2/c1-9(12-11(19-2)7-4-8-15-12)16-14-17-13(18-20-14)10-5-3-6-10/h4,7-10H,3,5-6H2,1-2H3,(H,16,17,18). The van der Waals surface area contributed by atoms with Crippen molar-refractivity contribution in [2.45, 2.75) is 38.1 Å². The monoisotopic (exact) mass is 274 g/mol. The molecular formula is C14H18N4O2. The van der Waals surface area contributed by atoms with Crippen LogP contribution in [0.2, 0.25) is 0 Å². The minimum absolute atomic E-state index is 0.0687. The summed E-state index contributed by atoms with van der Waals surface area (Å²) in [5.41, 5.74) is 0.818. The average Bonchev–Trinajstić information content (AvgIpc) is 2.84. The number of aromatic nitrogens is 3. The molecule has 1 saturated carbocycles. The third-order valence-electron chi connectivity index (χ3n) is 3.68. The van der Waals surface area contributed by atoms with Gasteiger partial charge in [0, 0.05) is 12.1 Å². The van der Waals surface area contributed by atoms with Gasteiger partial charge >= 0.3 is 6.01 Å². The maximum absolute atomic E-state index is 5.30. The number of hydrogen-bond donors (Lipinski definition) is 1. The molecule has 2 aromatic heterocycles. The van der Waals surface area contributed by atoms with Crippen LogP contribution in [0.3, 0.4) is 0 Å². The SMILES string of the molecule is COc1cccnc1C(C)Nc1nc(C2CCC2)no1. The third-order valence-corrected chi connectivity index (χ3v) is 3.68. The van der Waals surface area contributed by atoms with Crippen molar-refractivity contribution >= 4 is 6.01 Å². The zero-order chi connectivity index (χ0) is 13.9. The highest BCUT2D eigenvalue weighted by Crippen LogP contribution is 2.35. The van der Waals surface area contributed by atoms with Crippen molar-refractivity contribution in [3.05, 3.63) is 29.8 Å². The Bertz CT molecular complexity index is 580. The molecule has 3 rings (SSSR count). The number of anilines is 1. The van der Waals surface area contributed by atoms with E-state index in [0.29, 0.717) is 11.9 Å². The number of hydrogen-bond acceptors (Lipinski definition) is 6. The largest absolute Gasteiger partial charge is 0.495 e. The highest BCUT2D eigenvalue weighted by molar-refractivity contribution is 5.34. The van der Waals surface area contributed by atoms with Crippen molar-refractivity contribution < 1.29 is 9.26 Å². The van der Waals surface area contributed by atoms with Crippen LogP contribution in [0.4, 0.5) is 6.01 Å². The van der Waals surface area contributed by atoms with E-state index in [1.807, 2.05) is 19.1 Å². The summed E-state index contributed by atoms with van der Waals surface area (Å²) in [7, 11) is 1.63. The molecule has 1 unspecified atom stereocenters. The van der Waals surface area contributed by atoms with Crippen LogP contribution in [0.25, 0.3) is 0 Å². The number of nitrogens with zero attached hydrogens (tertiary/aromatic N) is 3. The van der Waals surface area contributed by atoms with E-state index >= 15 is 0 Å². The van der Waals surface area contributed by atoms with Crippen molar-refractivity contribution in [1.82, 2.24) is 15.1 Å². The Kier molecular flexibility index (Phi) is 3.54. The summed E-state index contributed by atoms with van der Waals surface area (Å²) in [5, 5.41) is 7.20. The van der Waals surface area contributed by atoms with E-state index in [1.165, 1.54) is 6.42 Å². The molecule has 0 aromatic carbocycles. The average molecular weight is 274 g/mol. The van der Waals surface area contributed by atoms with Gasteiger partial charge in [-0.1, -0.05) is 11.6 Å². The Morgan fingerprint density at radius 3 is 3.00 bits per heavy atom. The fourth-order valence-corrected chi connectivity index (χ4v) is 2.28. The smallest absolute Gasteiger partial charge is 0.322 e. The van der Waals surface area contributed by atoms with Crippen LogP contribution < -0.4 is 10.1 Å². The van der Waals surface area contributed by atoms with E-state index in [1.54, 1.807) is 13.3 Å². The van der Waals surface area contributed by atoms with Crippen LogP contribution in [0, 0.1) is 0 Å². The molecule has 0 radical (unpaired) electrons. The van der Waals surface area contributed by atoms with Gasteiger partial charge < -0.3 is 14.6 Å². The summed E-state index contributed by atoms with van der Waals surface area (Å²) >= 11 is 0. The van der Waals surface area contributed by atoms with Gasteiger partial charge in [0.2, 0.25) is 0 Å². The molecule has 1 aliphatic carbocycles. The maximum Gasteiger partial charge on any atom is 0.322 e. The molecule has 2 heterocycles. The second-order valence-electron chi connectivity index (χ2n) is 5.04. The predicted octanol–water partition coefficient (Wildman–Crippen LogP) is 2.91. The van der Waals surface area contributed by atoms with Gasteiger partial charge in [-0.15, -0.1) is 0 Å². The van der Waals surface area contributed by atoms with Gasteiger partial charge in [-0.25, -0.2) is 0 Å². The molecule has 1 atom stereocenters. The highest BCUT2D eigenvalue weighted by atomic mass is 16.5. The number of nitrogens with one attached hydrogen (secondary N) is 1. The third kappa shape index (κ3) is 2.45. The van der Waals surface area contributed by atoms with Crippen molar-refractivity contribution in [3.8, 4) is 5.75 Å². The first-order valence-corrected chi connectivity index (χ1v) is 6.87. The minimum atomic E-state index is -0.0687. The summed E-state index contributed by atoms with van der Waals surface area (Å²) in [6.07, 6.45) is 5.30. The topological polar surface area (TPSA) is 73.1 Å². The van der Waals surface area contributed by atoms with Gasteiger partial charge in [-0.3, -0.25) is 4.98 Å². The van der Waals surface area contributed by atoms with Crippen molar-refractivity contribution in [3.63, 3.8) is 0 Å². The quantitative estimate of drug-likeness (QED) is 0.903. The van der Waals surface area contributed by atoms with E-state index in [2.05, 4.69) is 20.4 Å².